The van der Waals surface area contributed by atoms with Gasteiger partial charge in [-0.2, -0.15) is 0 Å². The van der Waals surface area contributed by atoms with Crippen molar-refractivity contribution in [2.45, 2.75) is 50.4 Å². The zero-order valence-electron chi connectivity index (χ0n) is 10.0. The second-order valence-electron chi connectivity index (χ2n) is 5.35. The highest BCUT2D eigenvalue weighted by atomic mass is 32.2. The van der Waals surface area contributed by atoms with Crippen molar-refractivity contribution >= 4 is 17.7 Å². The number of rotatable bonds is 1. The van der Waals surface area contributed by atoms with Gasteiger partial charge in [-0.15, -0.1) is 11.8 Å². The molecule has 16 heavy (non-hydrogen) atoms. The van der Waals surface area contributed by atoms with E-state index in [-0.39, 0.29) is 10.9 Å². The maximum absolute atomic E-state index is 11.1. The molecule has 3 nitrogen and oxygen atoms in total. The fourth-order valence-electron chi connectivity index (χ4n) is 2.94. The summed E-state index contributed by atoms with van der Waals surface area (Å²) in [6, 6.07) is -0.339. The molecule has 0 aromatic heterocycles. The van der Waals surface area contributed by atoms with Crippen LogP contribution in [0.25, 0.3) is 0 Å². The fraction of sp³-hybridized carbons (Fsp3) is 0.917. The van der Waals surface area contributed by atoms with Gasteiger partial charge < -0.3 is 5.11 Å². The third-order valence-electron chi connectivity index (χ3n) is 4.02. The highest BCUT2D eigenvalue weighted by Crippen LogP contribution is 2.46. The van der Waals surface area contributed by atoms with Gasteiger partial charge in [0.25, 0.3) is 0 Å². The summed E-state index contributed by atoms with van der Waals surface area (Å²) >= 11 is 1.95. The summed E-state index contributed by atoms with van der Waals surface area (Å²) in [5.74, 6) is 1.57. The Balaban J connectivity index is 2.12. The minimum atomic E-state index is -0.690. The van der Waals surface area contributed by atoms with Crippen LogP contribution in [0.2, 0.25) is 0 Å². The number of aliphatic carboxylic acids is 1. The van der Waals surface area contributed by atoms with Gasteiger partial charge in [0.2, 0.25) is 0 Å². The Labute approximate surface area is 101 Å². The smallest absolute Gasteiger partial charge is 0.320 e. The summed E-state index contributed by atoms with van der Waals surface area (Å²) in [4.78, 5) is 11.1. The van der Waals surface area contributed by atoms with Crippen LogP contribution in [0.4, 0.5) is 0 Å². The second kappa shape index (κ2) is 4.57. The molecular formula is C12H21NO2S. The zero-order valence-corrected chi connectivity index (χ0v) is 10.8. The van der Waals surface area contributed by atoms with Crippen LogP contribution < -0.4 is 5.32 Å². The zero-order chi connectivity index (χ0) is 11.8. The highest BCUT2D eigenvalue weighted by molar-refractivity contribution is 8.00. The van der Waals surface area contributed by atoms with E-state index in [0.717, 1.165) is 18.6 Å². The van der Waals surface area contributed by atoms with Crippen LogP contribution in [0.15, 0.2) is 0 Å². The number of nitrogens with one attached hydrogen (secondary N) is 1. The van der Waals surface area contributed by atoms with E-state index in [2.05, 4.69) is 19.2 Å². The molecule has 1 saturated carbocycles. The van der Waals surface area contributed by atoms with Crippen LogP contribution in [0.3, 0.4) is 0 Å². The molecule has 2 rings (SSSR count). The topological polar surface area (TPSA) is 49.3 Å². The van der Waals surface area contributed by atoms with Crippen LogP contribution in [0.1, 0.15) is 39.5 Å². The van der Waals surface area contributed by atoms with Crippen LogP contribution >= 0.6 is 11.8 Å². The van der Waals surface area contributed by atoms with Crippen molar-refractivity contribution in [2.75, 3.05) is 5.75 Å². The van der Waals surface area contributed by atoms with Crippen molar-refractivity contribution < 1.29 is 9.90 Å². The summed E-state index contributed by atoms with van der Waals surface area (Å²) in [5.41, 5.74) is 0. The van der Waals surface area contributed by atoms with Gasteiger partial charge in [-0.25, -0.2) is 0 Å². The van der Waals surface area contributed by atoms with Gasteiger partial charge >= 0.3 is 5.97 Å². The summed E-state index contributed by atoms with van der Waals surface area (Å²) < 4.78 is 0. The van der Waals surface area contributed by atoms with Gasteiger partial charge in [-0.3, -0.25) is 10.1 Å². The number of hydrogen-bond acceptors (Lipinski definition) is 3. The Hall–Kier alpha value is -0.220. The number of thioether (sulfide) groups is 1. The first kappa shape index (κ1) is 12.2. The number of hydrogen-bond donors (Lipinski definition) is 2. The predicted octanol–water partition coefficient (Wildman–Crippen LogP) is 2.32. The standard InChI is InChI=1S/C12H21NO2S/c1-8-3-4-9(2)12(7-8)13-10(11(14)15)5-6-16-12/h8-10,13H,3-7H2,1-2H3,(H,14,15). The van der Waals surface area contributed by atoms with Gasteiger partial charge in [-0.1, -0.05) is 20.3 Å². The maximum atomic E-state index is 11.1. The van der Waals surface area contributed by atoms with Crippen LogP contribution in [0.5, 0.6) is 0 Å². The molecule has 1 aliphatic heterocycles. The molecule has 92 valence electrons. The minimum Gasteiger partial charge on any atom is -0.480 e. The lowest BCUT2D eigenvalue weighted by Gasteiger charge is -2.49. The monoisotopic (exact) mass is 243 g/mol. The molecule has 0 aromatic carbocycles. The summed E-state index contributed by atoms with van der Waals surface area (Å²) in [7, 11) is 0. The van der Waals surface area contributed by atoms with Gasteiger partial charge in [0.1, 0.15) is 6.04 Å². The lowest BCUT2D eigenvalue weighted by atomic mass is 9.79. The van der Waals surface area contributed by atoms with E-state index in [1.807, 2.05) is 11.8 Å². The molecule has 1 saturated heterocycles. The van der Waals surface area contributed by atoms with Crippen LogP contribution in [0, 0.1) is 11.8 Å². The van der Waals surface area contributed by atoms with Crippen molar-refractivity contribution in [2.24, 2.45) is 11.8 Å². The number of carboxylic acids is 1. The van der Waals surface area contributed by atoms with Crippen molar-refractivity contribution in [3.05, 3.63) is 0 Å². The summed E-state index contributed by atoms with van der Waals surface area (Å²) in [5, 5.41) is 12.5. The van der Waals surface area contributed by atoms with Crippen molar-refractivity contribution in [1.82, 2.24) is 5.32 Å². The van der Waals surface area contributed by atoms with E-state index in [4.69, 9.17) is 5.11 Å². The van der Waals surface area contributed by atoms with Crippen LogP contribution in [-0.2, 0) is 4.79 Å². The molecule has 4 unspecified atom stereocenters. The highest BCUT2D eigenvalue weighted by Gasteiger charge is 2.45. The molecule has 0 aromatic rings. The Kier molecular flexibility index (Phi) is 3.50. The van der Waals surface area contributed by atoms with Crippen LogP contribution in [-0.4, -0.2) is 27.7 Å². The maximum Gasteiger partial charge on any atom is 0.320 e. The largest absolute Gasteiger partial charge is 0.480 e. The molecular weight excluding hydrogens is 222 g/mol. The first-order valence-electron chi connectivity index (χ1n) is 6.18. The quantitative estimate of drug-likeness (QED) is 0.742. The number of carboxylic acid groups (broad SMARTS) is 1. The second-order valence-corrected chi connectivity index (χ2v) is 6.77. The molecule has 0 bridgehead atoms. The Morgan fingerprint density at radius 1 is 1.38 bits per heavy atom. The van der Waals surface area contributed by atoms with Crippen molar-refractivity contribution in [3.8, 4) is 0 Å². The first-order valence-corrected chi connectivity index (χ1v) is 7.16. The predicted molar refractivity (Wildman–Crippen MR) is 66.5 cm³/mol. The molecule has 2 fully saturated rings. The van der Waals surface area contributed by atoms with Gasteiger partial charge in [0, 0.05) is 0 Å². The summed E-state index contributed by atoms with van der Waals surface area (Å²) in [6.45, 7) is 4.54. The Morgan fingerprint density at radius 3 is 2.81 bits per heavy atom. The van der Waals surface area contributed by atoms with E-state index in [1.54, 1.807) is 0 Å². The third kappa shape index (κ3) is 2.23. The van der Waals surface area contributed by atoms with E-state index in [9.17, 15) is 4.79 Å². The molecule has 4 heteroatoms. The molecule has 1 spiro atoms. The van der Waals surface area contributed by atoms with Gasteiger partial charge in [0.15, 0.2) is 0 Å². The Bertz CT molecular complexity index is 284. The molecule has 4 atom stereocenters. The average molecular weight is 243 g/mol. The normalized spacial score (nSPS) is 44.5. The first-order chi connectivity index (χ1) is 7.53. The molecule has 2 N–H and O–H groups in total. The van der Waals surface area contributed by atoms with Crippen molar-refractivity contribution in [3.63, 3.8) is 0 Å². The van der Waals surface area contributed by atoms with E-state index < -0.39 is 5.97 Å². The van der Waals surface area contributed by atoms with Gasteiger partial charge in [0.05, 0.1) is 4.87 Å². The summed E-state index contributed by atoms with van der Waals surface area (Å²) in [6.07, 6.45) is 4.36. The number of carbonyl (C=O) groups is 1. The lowest BCUT2D eigenvalue weighted by Crippen LogP contribution is -2.59. The molecule has 0 amide bonds. The van der Waals surface area contributed by atoms with E-state index in [1.165, 1.54) is 12.8 Å². The Morgan fingerprint density at radius 2 is 2.12 bits per heavy atom. The lowest BCUT2D eigenvalue weighted by molar-refractivity contribution is -0.140. The van der Waals surface area contributed by atoms with Crippen molar-refractivity contribution in [1.29, 1.82) is 0 Å². The van der Waals surface area contributed by atoms with E-state index in [0.29, 0.717) is 11.8 Å². The average Bonchev–Trinajstić information content (AvgIpc) is 2.24. The minimum absolute atomic E-state index is 0.0268. The van der Waals surface area contributed by atoms with Gasteiger partial charge in [-0.05, 0) is 36.9 Å². The molecule has 0 radical (unpaired) electrons. The fourth-order valence-corrected chi connectivity index (χ4v) is 4.69. The van der Waals surface area contributed by atoms with E-state index >= 15 is 0 Å². The third-order valence-corrected chi connectivity index (χ3v) is 5.66. The molecule has 2 aliphatic rings. The molecule has 1 aliphatic carbocycles. The molecule has 1 heterocycles. The SMILES string of the molecule is CC1CCC(C)C2(C1)NC(C(=O)O)CCS2.